The zero-order valence-electron chi connectivity index (χ0n) is 17.1. The third kappa shape index (κ3) is 5.50. The first kappa shape index (κ1) is 23.2. The monoisotopic (exact) mass is 494 g/mol. The highest BCUT2D eigenvalue weighted by molar-refractivity contribution is 7.89. The van der Waals surface area contributed by atoms with E-state index in [1.54, 1.807) is 12.1 Å². The summed E-state index contributed by atoms with van der Waals surface area (Å²) in [6.45, 7) is -0.793. The van der Waals surface area contributed by atoms with Crippen molar-refractivity contribution in [1.82, 2.24) is 4.72 Å². The zero-order valence-corrected chi connectivity index (χ0v) is 17.9. The van der Waals surface area contributed by atoms with Gasteiger partial charge >= 0.3 is 12.3 Å². The number of halogens is 2. The summed E-state index contributed by atoms with van der Waals surface area (Å²) in [6.07, 6.45) is -2.39. The number of fused-ring (bicyclic) bond motifs is 1. The molecule has 1 aromatic heterocycles. The lowest BCUT2D eigenvalue weighted by Crippen LogP contribution is -2.25. The molecular formula is C21H16F2N2O8S. The number of amides is 1. The Hall–Kier alpha value is -3.97. The minimum Gasteiger partial charge on any atom is -0.468 e. The van der Waals surface area contributed by atoms with Crippen LogP contribution in [0.15, 0.2) is 70.2 Å². The average Bonchev–Trinajstić information content (AvgIpc) is 3.42. The summed E-state index contributed by atoms with van der Waals surface area (Å²) in [7, 11) is -3.95. The topological polar surface area (TPSA) is 133 Å². The van der Waals surface area contributed by atoms with E-state index in [1.807, 2.05) is 0 Å². The highest BCUT2D eigenvalue weighted by Crippen LogP contribution is 2.42. The lowest BCUT2D eigenvalue weighted by Gasteiger charge is -2.09. The quantitative estimate of drug-likeness (QED) is 0.457. The van der Waals surface area contributed by atoms with Crippen molar-refractivity contribution in [2.75, 3.05) is 11.9 Å². The Kier molecular flexibility index (Phi) is 6.22. The van der Waals surface area contributed by atoms with E-state index in [0.717, 1.165) is 12.1 Å². The lowest BCUT2D eigenvalue weighted by molar-refractivity contribution is -0.286. The Morgan fingerprint density at radius 1 is 1.00 bits per heavy atom. The second-order valence-electron chi connectivity index (χ2n) is 6.89. The van der Waals surface area contributed by atoms with E-state index in [1.165, 1.54) is 36.6 Å². The molecule has 3 aromatic rings. The number of hydrogen-bond donors (Lipinski definition) is 2. The van der Waals surface area contributed by atoms with Crippen molar-refractivity contribution in [2.24, 2.45) is 0 Å². The summed E-state index contributed by atoms with van der Waals surface area (Å²) in [6, 6.07) is 11.9. The molecule has 0 saturated carbocycles. The Morgan fingerprint density at radius 2 is 1.79 bits per heavy atom. The molecule has 2 heterocycles. The van der Waals surface area contributed by atoms with E-state index in [4.69, 9.17) is 9.15 Å². The summed E-state index contributed by atoms with van der Waals surface area (Å²) in [5.74, 6) is -1.76. The molecule has 4 rings (SSSR count). The Bertz CT molecular complexity index is 1330. The molecule has 0 atom stereocenters. The van der Waals surface area contributed by atoms with Crippen molar-refractivity contribution < 1.29 is 45.4 Å². The number of carbonyl (C=O) groups is 2. The van der Waals surface area contributed by atoms with Crippen LogP contribution in [-0.4, -0.2) is 33.2 Å². The van der Waals surface area contributed by atoms with Gasteiger partial charge in [-0.3, -0.25) is 4.79 Å². The van der Waals surface area contributed by atoms with Crippen LogP contribution in [0.1, 0.15) is 16.1 Å². The molecule has 178 valence electrons. The number of ether oxygens (including phenoxy) is 3. The van der Waals surface area contributed by atoms with Crippen LogP contribution in [0, 0.1) is 0 Å². The van der Waals surface area contributed by atoms with E-state index in [2.05, 4.69) is 19.5 Å². The maximum atomic E-state index is 13.1. The maximum absolute atomic E-state index is 13.1. The molecule has 2 N–H and O–H groups in total. The number of rotatable bonds is 8. The molecule has 0 fully saturated rings. The number of alkyl halides is 2. The summed E-state index contributed by atoms with van der Waals surface area (Å²) >= 11 is 0. The standard InChI is InChI=1S/C21H16F2N2O8S/c22-21(23)32-17-7-6-14(10-18(17)33-21)25-19(26)12-31-20(27)13-3-1-5-16(9-13)34(28,29)24-11-15-4-2-8-30-15/h1-10,24H,11-12H2,(H,25,26). The SMILES string of the molecule is O=C(COC(=O)c1cccc(S(=O)(=O)NCc2ccco2)c1)Nc1ccc2c(c1)OC(F)(F)O2. The predicted octanol–water partition coefficient (Wildman–Crippen LogP) is 2.88. The van der Waals surface area contributed by atoms with Crippen LogP contribution in [0.25, 0.3) is 0 Å². The fourth-order valence-electron chi connectivity index (χ4n) is 2.89. The van der Waals surface area contributed by atoms with E-state index in [-0.39, 0.29) is 34.2 Å². The molecule has 2 aromatic carbocycles. The van der Waals surface area contributed by atoms with Crippen molar-refractivity contribution in [3.63, 3.8) is 0 Å². The fourth-order valence-corrected chi connectivity index (χ4v) is 3.93. The van der Waals surface area contributed by atoms with Crippen molar-refractivity contribution >= 4 is 27.6 Å². The first-order valence-corrected chi connectivity index (χ1v) is 11.1. The highest BCUT2D eigenvalue weighted by atomic mass is 32.2. The van der Waals surface area contributed by atoms with Gasteiger partial charge in [-0.25, -0.2) is 17.9 Å². The largest absolute Gasteiger partial charge is 0.586 e. The first-order chi connectivity index (χ1) is 16.1. The van der Waals surface area contributed by atoms with Crippen molar-refractivity contribution in [3.05, 3.63) is 72.2 Å². The molecule has 1 aliphatic heterocycles. The van der Waals surface area contributed by atoms with E-state index < -0.39 is 34.8 Å². The minimum atomic E-state index is -3.95. The van der Waals surface area contributed by atoms with Gasteiger partial charge in [-0.1, -0.05) is 6.07 Å². The molecule has 0 bridgehead atoms. The third-order valence-electron chi connectivity index (χ3n) is 4.42. The number of sulfonamides is 1. The van der Waals surface area contributed by atoms with E-state index in [0.29, 0.717) is 5.76 Å². The molecule has 0 radical (unpaired) electrons. The molecular weight excluding hydrogens is 478 g/mol. The van der Waals surface area contributed by atoms with Crippen LogP contribution in [0.4, 0.5) is 14.5 Å². The summed E-state index contributed by atoms with van der Waals surface area (Å²) in [5, 5.41) is 2.36. The molecule has 13 heteroatoms. The van der Waals surface area contributed by atoms with Gasteiger partial charge in [-0.2, -0.15) is 0 Å². The average molecular weight is 494 g/mol. The summed E-state index contributed by atoms with van der Waals surface area (Å²) in [5.41, 5.74) is 0.0100. The van der Waals surface area contributed by atoms with Crippen molar-refractivity contribution in [3.8, 4) is 11.5 Å². The van der Waals surface area contributed by atoms with Crippen LogP contribution in [-0.2, 0) is 26.1 Å². The molecule has 1 amide bonds. The van der Waals surface area contributed by atoms with E-state index in [9.17, 15) is 26.8 Å². The van der Waals surface area contributed by atoms with Crippen LogP contribution >= 0.6 is 0 Å². The fraction of sp³-hybridized carbons (Fsp3) is 0.143. The van der Waals surface area contributed by atoms with Gasteiger partial charge in [-0.05, 0) is 42.5 Å². The van der Waals surface area contributed by atoms with Gasteiger partial charge in [0.25, 0.3) is 5.91 Å². The van der Waals surface area contributed by atoms with E-state index >= 15 is 0 Å². The Morgan fingerprint density at radius 3 is 2.56 bits per heavy atom. The number of nitrogens with one attached hydrogen (secondary N) is 2. The summed E-state index contributed by atoms with van der Waals surface area (Å²) in [4.78, 5) is 24.2. The first-order valence-electron chi connectivity index (χ1n) is 9.60. The molecule has 0 saturated heterocycles. The lowest BCUT2D eigenvalue weighted by atomic mass is 10.2. The third-order valence-corrected chi connectivity index (χ3v) is 5.81. The number of anilines is 1. The minimum absolute atomic E-state index is 0.0817. The number of furan rings is 1. The van der Waals surface area contributed by atoms with Crippen LogP contribution in [0.3, 0.4) is 0 Å². The molecule has 1 aliphatic rings. The van der Waals surface area contributed by atoms with Gasteiger partial charge in [0.1, 0.15) is 5.76 Å². The Labute approximate surface area is 191 Å². The van der Waals surface area contributed by atoms with Crippen molar-refractivity contribution in [2.45, 2.75) is 17.7 Å². The smallest absolute Gasteiger partial charge is 0.468 e. The molecule has 10 nitrogen and oxygen atoms in total. The van der Waals surface area contributed by atoms with Gasteiger partial charge in [-0.15, -0.1) is 8.78 Å². The molecule has 34 heavy (non-hydrogen) atoms. The van der Waals surface area contributed by atoms with Gasteiger partial charge in [0.2, 0.25) is 10.0 Å². The molecule has 0 aliphatic carbocycles. The van der Waals surface area contributed by atoms with Crippen LogP contribution in [0.2, 0.25) is 0 Å². The highest BCUT2D eigenvalue weighted by Gasteiger charge is 2.43. The predicted molar refractivity (Wildman–Crippen MR) is 111 cm³/mol. The van der Waals surface area contributed by atoms with Gasteiger partial charge < -0.3 is 23.9 Å². The zero-order chi connectivity index (χ0) is 24.3. The molecule has 0 unspecified atom stereocenters. The molecule has 0 spiro atoms. The van der Waals surface area contributed by atoms with Crippen LogP contribution in [0.5, 0.6) is 11.5 Å². The maximum Gasteiger partial charge on any atom is 0.586 e. The van der Waals surface area contributed by atoms with Crippen LogP contribution < -0.4 is 19.5 Å². The van der Waals surface area contributed by atoms with Crippen molar-refractivity contribution in [1.29, 1.82) is 0 Å². The Balaban J connectivity index is 1.33. The summed E-state index contributed by atoms with van der Waals surface area (Å²) < 4.78 is 72.0. The van der Waals surface area contributed by atoms with Gasteiger partial charge in [0, 0.05) is 11.8 Å². The number of carbonyl (C=O) groups excluding carboxylic acids is 2. The number of hydrogen-bond acceptors (Lipinski definition) is 8. The second kappa shape index (κ2) is 9.11. The number of benzene rings is 2. The normalized spacial score (nSPS) is 13.9. The van der Waals surface area contributed by atoms with Gasteiger partial charge in [0.15, 0.2) is 18.1 Å². The van der Waals surface area contributed by atoms with Gasteiger partial charge in [0.05, 0.1) is 23.3 Å². The second-order valence-corrected chi connectivity index (χ2v) is 8.65. The number of esters is 1.